The maximum absolute atomic E-state index is 12.9. The summed E-state index contributed by atoms with van der Waals surface area (Å²) in [7, 11) is 0. The van der Waals surface area contributed by atoms with Gasteiger partial charge in [0.1, 0.15) is 18.4 Å². The normalized spacial score (nSPS) is 14.5. The molecule has 0 bridgehead atoms. The number of carboxylic acid groups (broad SMARTS) is 1. The standard InChI is InChI=1S/C22H42N6O6/c1-14(2)11-17(27-20(32)16(25)8-4-6-10-24)22(34)28-18(12-19(30)31)21(33)26-15(13-29)7-3-5-9-23/h13-18H,3-12,23-25H2,1-2H3,(H,26,33)(H,27,32)(H,28,34)(H,30,31)/t15-,16-,17-,18-/m0/s1. The van der Waals surface area contributed by atoms with Gasteiger partial charge >= 0.3 is 5.97 Å². The molecule has 196 valence electrons. The molecule has 0 saturated heterocycles. The minimum Gasteiger partial charge on any atom is -0.481 e. The lowest BCUT2D eigenvalue weighted by molar-refractivity contribution is -0.141. The summed E-state index contributed by atoms with van der Waals surface area (Å²) >= 11 is 0. The molecule has 12 heteroatoms. The lowest BCUT2D eigenvalue weighted by Gasteiger charge is -2.25. The van der Waals surface area contributed by atoms with Crippen LogP contribution in [0.1, 0.15) is 65.2 Å². The second kappa shape index (κ2) is 17.8. The van der Waals surface area contributed by atoms with Crippen molar-refractivity contribution in [3.63, 3.8) is 0 Å². The number of carbonyl (C=O) groups is 5. The zero-order valence-electron chi connectivity index (χ0n) is 20.3. The van der Waals surface area contributed by atoms with Gasteiger partial charge in [-0.1, -0.05) is 20.3 Å². The fourth-order valence-corrected chi connectivity index (χ4v) is 3.24. The van der Waals surface area contributed by atoms with Crippen molar-refractivity contribution >= 4 is 30.0 Å². The minimum absolute atomic E-state index is 0.0123. The van der Waals surface area contributed by atoms with Crippen molar-refractivity contribution < 1.29 is 29.1 Å². The van der Waals surface area contributed by atoms with Crippen molar-refractivity contribution in [1.82, 2.24) is 16.0 Å². The number of hydrogen-bond acceptors (Lipinski definition) is 8. The fourth-order valence-electron chi connectivity index (χ4n) is 3.24. The third-order valence-electron chi connectivity index (χ3n) is 5.12. The number of nitrogens with two attached hydrogens (primary N) is 3. The van der Waals surface area contributed by atoms with Gasteiger partial charge in [-0.25, -0.2) is 0 Å². The van der Waals surface area contributed by atoms with E-state index in [9.17, 15) is 29.1 Å². The second-order valence-corrected chi connectivity index (χ2v) is 8.78. The predicted molar refractivity (Wildman–Crippen MR) is 127 cm³/mol. The van der Waals surface area contributed by atoms with Crippen LogP contribution in [0.15, 0.2) is 0 Å². The van der Waals surface area contributed by atoms with E-state index in [0.717, 1.165) is 6.42 Å². The molecule has 0 aliphatic carbocycles. The Bertz CT molecular complexity index is 660. The van der Waals surface area contributed by atoms with Crippen LogP contribution in [0.2, 0.25) is 0 Å². The number of aldehydes is 1. The minimum atomic E-state index is -1.42. The van der Waals surface area contributed by atoms with Gasteiger partial charge in [0.25, 0.3) is 0 Å². The summed E-state index contributed by atoms with van der Waals surface area (Å²) in [5.41, 5.74) is 16.8. The molecule has 0 heterocycles. The first-order chi connectivity index (χ1) is 16.0. The van der Waals surface area contributed by atoms with Crippen LogP contribution >= 0.6 is 0 Å². The topological polar surface area (TPSA) is 220 Å². The molecule has 0 aromatic heterocycles. The number of hydrogen-bond donors (Lipinski definition) is 7. The summed E-state index contributed by atoms with van der Waals surface area (Å²) in [5.74, 6) is -3.31. The van der Waals surface area contributed by atoms with Crippen LogP contribution in [0.5, 0.6) is 0 Å². The van der Waals surface area contributed by atoms with Crippen LogP contribution in [0.3, 0.4) is 0 Å². The average molecular weight is 487 g/mol. The highest BCUT2D eigenvalue weighted by atomic mass is 16.4. The fraction of sp³-hybridized carbons (Fsp3) is 0.773. The molecular formula is C22H42N6O6. The molecule has 0 radical (unpaired) electrons. The van der Waals surface area contributed by atoms with E-state index in [1.165, 1.54) is 0 Å². The van der Waals surface area contributed by atoms with Gasteiger partial charge in [-0.15, -0.1) is 0 Å². The third kappa shape index (κ3) is 13.9. The van der Waals surface area contributed by atoms with Gasteiger partial charge in [0.15, 0.2) is 0 Å². The van der Waals surface area contributed by atoms with Crippen molar-refractivity contribution in [1.29, 1.82) is 0 Å². The molecule has 0 unspecified atom stereocenters. The largest absolute Gasteiger partial charge is 0.481 e. The van der Waals surface area contributed by atoms with Gasteiger partial charge in [-0.3, -0.25) is 19.2 Å². The third-order valence-corrected chi connectivity index (χ3v) is 5.12. The molecule has 0 rings (SSSR count). The maximum atomic E-state index is 12.9. The highest BCUT2D eigenvalue weighted by molar-refractivity contribution is 5.95. The number of aliphatic carboxylic acids is 1. The summed E-state index contributed by atoms with van der Waals surface area (Å²) in [6.07, 6.45) is 3.52. The Morgan fingerprint density at radius 2 is 1.35 bits per heavy atom. The van der Waals surface area contributed by atoms with Crippen LogP contribution in [-0.2, 0) is 24.0 Å². The Hall–Kier alpha value is -2.57. The number of nitrogens with one attached hydrogen (secondary N) is 3. The first kappa shape index (κ1) is 31.4. The molecular weight excluding hydrogens is 444 g/mol. The number of carbonyl (C=O) groups excluding carboxylic acids is 4. The molecule has 12 nitrogen and oxygen atoms in total. The molecule has 0 saturated carbocycles. The van der Waals surface area contributed by atoms with Gasteiger partial charge in [0.05, 0.1) is 18.5 Å². The Kier molecular flexibility index (Phi) is 16.5. The Morgan fingerprint density at radius 1 is 0.824 bits per heavy atom. The lowest BCUT2D eigenvalue weighted by Crippen LogP contribution is -2.57. The van der Waals surface area contributed by atoms with Crippen molar-refractivity contribution in [2.45, 2.75) is 89.4 Å². The molecule has 0 aromatic rings. The van der Waals surface area contributed by atoms with Gasteiger partial charge in [-0.05, 0) is 57.5 Å². The first-order valence-electron chi connectivity index (χ1n) is 11.8. The van der Waals surface area contributed by atoms with Crippen molar-refractivity contribution in [2.24, 2.45) is 23.1 Å². The van der Waals surface area contributed by atoms with E-state index in [2.05, 4.69) is 16.0 Å². The Morgan fingerprint density at radius 3 is 1.85 bits per heavy atom. The predicted octanol–water partition coefficient (Wildman–Crippen LogP) is -1.25. The molecule has 0 spiro atoms. The second-order valence-electron chi connectivity index (χ2n) is 8.78. The zero-order chi connectivity index (χ0) is 26.1. The monoisotopic (exact) mass is 486 g/mol. The lowest BCUT2D eigenvalue weighted by atomic mass is 10.0. The highest BCUT2D eigenvalue weighted by Gasteiger charge is 2.30. The summed E-state index contributed by atoms with van der Waals surface area (Å²) in [5, 5.41) is 16.7. The molecule has 0 aliphatic heterocycles. The molecule has 4 atom stereocenters. The number of carboxylic acids is 1. The van der Waals surface area contributed by atoms with E-state index in [0.29, 0.717) is 51.5 Å². The molecule has 0 aliphatic rings. The van der Waals surface area contributed by atoms with Crippen LogP contribution < -0.4 is 33.2 Å². The SMILES string of the molecule is CC(C)C[C@H](NC(=O)[C@@H](N)CCCCN)C(=O)N[C@@H](CC(=O)O)C(=O)N[C@H](C=O)CCCCN. The maximum Gasteiger partial charge on any atom is 0.305 e. The van der Waals surface area contributed by atoms with E-state index < -0.39 is 54.3 Å². The van der Waals surface area contributed by atoms with Gasteiger partial charge in [0.2, 0.25) is 17.7 Å². The van der Waals surface area contributed by atoms with E-state index in [1.54, 1.807) is 0 Å². The molecule has 3 amide bonds. The Labute approximate surface area is 201 Å². The first-order valence-corrected chi connectivity index (χ1v) is 11.8. The van der Waals surface area contributed by atoms with Crippen molar-refractivity contribution in [3.05, 3.63) is 0 Å². The average Bonchev–Trinajstić information content (AvgIpc) is 2.76. The number of unbranched alkanes of at least 4 members (excludes halogenated alkanes) is 2. The summed E-state index contributed by atoms with van der Waals surface area (Å²) in [6.45, 7) is 4.63. The molecule has 0 aromatic carbocycles. The zero-order valence-corrected chi connectivity index (χ0v) is 20.3. The summed E-state index contributed by atoms with van der Waals surface area (Å²) in [4.78, 5) is 60.6. The summed E-state index contributed by atoms with van der Waals surface area (Å²) < 4.78 is 0. The number of amides is 3. The van der Waals surface area contributed by atoms with Gasteiger partial charge in [-0.2, -0.15) is 0 Å². The van der Waals surface area contributed by atoms with E-state index in [4.69, 9.17) is 17.2 Å². The smallest absolute Gasteiger partial charge is 0.305 e. The molecule has 34 heavy (non-hydrogen) atoms. The number of rotatable bonds is 19. The van der Waals surface area contributed by atoms with E-state index in [1.807, 2.05) is 13.8 Å². The Balaban J connectivity index is 5.30. The van der Waals surface area contributed by atoms with Gasteiger partial charge < -0.3 is 43.1 Å². The van der Waals surface area contributed by atoms with Crippen LogP contribution in [-0.4, -0.2) is 72.3 Å². The van der Waals surface area contributed by atoms with E-state index >= 15 is 0 Å². The molecule has 0 fully saturated rings. The van der Waals surface area contributed by atoms with Crippen molar-refractivity contribution in [2.75, 3.05) is 13.1 Å². The van der Waals surface area contributed by atoms with Crippen LogP contribution in [0.4, 0.5) is 0 Å². The van der Waals surface area contributed by atoms with E-state index in [-0.39, 0.29) is 12.3 Å². The molecule has 10 N–H and O–H groups in total. The summed E-state index contributed by atoms with van der Waals surface area (Å²) in [6, 6.07) is -4.09. The van der Waals surface area contributed by atoms with Gasteiger partial charge in [0, 0.05) is 0 Å². The quantitative estimate of drug-likeness (QED) is 0.0854. The highest BCUT2D eigenvalue weighted by Crippen LogP contribution is 2.08. The van der Waals surface area contributed by atoms with Crippen LogP contribution in [0.25, 0.3) is 0 Å². The van der Waals surface area contributed by atoms with Crippen LogP contribution in [0, 0.1) is 5.92 Å². The van der Waals surface area contributed by atoms with Crippen molar-refractivity contribution in [3.8, 4) is 0 Å².